The Morgan fingerprint density at radius 3 is 2.71 bits per heavy atom. The van der Waals surface area contributed by atoms with E-state index in [9.17, 15) is 18.0 Å². The fourth-order valence-electron chi connectivity index (χ4n) is 3.54. The highest BCUT2D eigenvalue weighted by Crippen LogP contribution is 2.54. The van der Waals surface area contributed by atoms with Crippen LogP contribution in [0.4, 0.5) is 13.2 Å². The SMILES string of the molecule is CC(F)(F)[C@@]1(C)C[C@@H]2CC[C@@H](c3cncc(F)c3)N2C1=O. The number of carbonyl (C=O) groups is 1. The first-order chi connectivity index (χ1) is 9.74. The van der Waals surface area contributed by atoms with Gasteiger partial charge in [-0.05, 0) is 37.8 Å². The van der Waals surface area contributed by atoms with Crippen molar-refractivity contribution in [1.82, 2.24) is 9.88 Å². The van der Waals surface area contributed by atoms with E-state index in [-0.39, 0.29) is 18.5 Å². The molecule has 1 amide bonds. The topological polar surface area (TPSA) is 33.2 Å². The summed E-state index contributed by atoms with van der Waals surface area (Å²) in [5, 5.41) is 0. The van der Waals surface area contributed by atoms with Crippen molar-refractivity contribution in [1.29, 1.82) is 0 Å². The Kier molecular flexibility index (Phi) is 3.04. The number of hydrogen-bond acceptors (Lipinski definition) is 2. The van der Waals surface area contributed by atoms with Gasteiger partial charge in [-0.15, -0.1) is 0 Å². The van der Waals surface area contributed by atoms with E-state index in [2.05, 4.69) is 4.98 Å². The molecule has 1 aromatic heterocycles. The Morgan fingerprint density at radius 2 is 2.10 bits per heavy atom. The summed E-state index contributed by atoms with van der Waals surface area (Å²) in [6.07, 6.45) is 4.06. The Labute approximate surface area is 121 Å². The van der Waals surface area contributed by atoms with Gasteiger partial charge in [0.1, 0.15) is 11.2 Å². The summed E-state index contributed by atoms with van der Waals surface area (Å²) in [6.45, 7) is 2.13. The molecule has 3 rings (SSSR count). The molecule has 3 atom stereocenters. The summed E-state index contributed by atoms with van der Waals surface area (Å²) in [4.78, 5) is 17.9. The average molecular weight is 298 g/mol. The molecule has 0 bridgehead atoms. The molecule has 2 saturated heterocycles. The molecule has 2 fully saturated rings. The molecule has 0 N–H and O–H groups in total. The van der Waals surface area contributed by atoms with Crippen LogP contribution in [0.25, 0.3) is 0 Å². The number of aromatic nitrogens is 1. The zero-order valence-electron chi connectivity index (χ0n) is 11.9. The second kappa shape index (κ2) is 4.45. The van der Waals surface area contributed by atoms with Gasteiger partial charge in [0.05, 0.1) is 12.2 Å². The minimum Gasteiger partial charge on any atom is -0.332 e. The molecular weight excluding hydrogens is 281 g/mol. The fourth-order valence-corrected chi connectivity index (χ4v) is 3.54. The standard InChI is InChI=1S/C15H17F3N2O/c1-14(15(2,17)18)6-11-3-4-12(20(11)13(14)21)9-5-10(16)8-19-7-9/h5,7-8,11-12H,3-4,6H2,1-2H3/t11-,12-,14-/m0/s1. The minimum absolute atomic E-state index is 0.147. The first-order valence-corrected chi connectivity index (χ1v) is 7.05. The molecule has 2 aliphatic rings. The molecule has 1 aromatic rings. The van der Waals surface area contributed by atoms with Crippen molar-refractivity contribution in [2.45, 2.75) is 51.1 Å². The largest absolute Gasteiger partial charge is 0.332 e. The zero-order chi connectivity index (χ0) is 15.4. The highest BCUT2D eigenvalue weighted by atomic mass is 19.3. The number of hydrogen-bond donors (Lipinski definition) is 0. The third kappa shape index (κ3) is 2.03. The maximum absolute atomic E-state index is 13.8. The molecule has 6 heteroatoms. The Balaban J connectivity index is 1.95. The normalized spacial score (nSPS) is 32.6. The number of fused-ring (bicyclic) bond motifs is 1. The van der Waals surface area contributed by atoms with E-state index in [1.807, 2.05) is 0 Å². The predicted molar refractivity (Wildman–Crippen MR) is 70.1 cm³/mol. The summed E-state index contributed by atoms with van der Waals surface area (Å²) in [5.41, 5.74) is -1.09. The van der Waals surface area contributed by atoms with Gasteiger partial charge in [0.15, 0.2) is 0 Å². The molecule has 114 valence electrons. The summed E-state index contributed by atoms with van der Waals surface area (Å²) in [6, 6.07) is 0.782. The van der Waals surface area contributed by atoms with Gasteiger partial charge in [0.2, 0.25) is 5.91 Å². The molecule has 0 unspecified atom stereocenters. The molecule has 0 saturated carbocycles. The molecule has 0 spiro atoms. The van der Waals surface area contributed by atoms with Crippen LogP contribution in [0.15, 0.2) is 18.5 Å². The fraction of sp³-hybridized carbons (Fsp3) is 0.600. The zero-order valence-corrected chi connectivity index (χ0v) is 11.9. The van der Waals surface area contributed by atoms with Gasteiger partial charge in [-0.25, -0.2) is 13.2 Å². The van der Waals surface area contributed by atoms with E-state index in [1.54, 1.807) is 0 Å². The van der Waals surface area contributed by atoms with Gasteiger partial charge < -0.3 is 4.90 Å². The maximum atomic E-state index is 13.8. The lowest BCUT2D eigenvalue weighted by molar-refractivity contribution is -0.156. The summed E-state index contributed by atoms with van der Waals surface area (Å²) in [5.74, 6) is -4.09. The molecule has 2 aliphatic heterocycles. The second-order valence-corrected chi connectivity index (χ2v) is 6.32. The number of rotatable bonds is 2. The van der Waals surface area contributed by atoms with Crippen molar-refractivity contribution in [3.8, 4) is 0 Å². The second-order valence-electron chi connectivity index (χ2n) is 6.32. The summed E-state index contributed by atoms with van der Waals surface area (Å²) < 4.78 is 41.0. The van der Waals surface area contributed by atoms with E-state index in [0.29, 0.717) is 18.4 Å². The number of pyridine rings is 1. The van der Waals surface area contributed by atoms with Crippen molar-refractivity contribution >= 4 is 5.91 Å². The quantitative estimate of drug-likeness (QED) is 0.839. The Hall–Kier alpha value is -1.59. The maximum Gasteiger partial charge on any atom is 0.259 e. The van der Waals surface area contributed by atoms with Crippen LogP contribution < -0.4 is 0 Å². The molecule has 0 aromatic carbocycles. The van der Waals surface area contributed by atoms with Crippen LogP contribution in [0.3, 0.4) is 0 Å². The van der Waals surface area contributed by atoms with Crippen LogP contribution in [-0.2, 0) is 4.79 Å². The van der Waals surface area contributed by atoms with E-state index in [0.717, 1.165) is 13.1 Å². The summed E-state index contributed by atoms with van der Waals surface area (Å²) in [7, 11) is 0. The van der Waals surface area contributed by atoms with Gasteiger partial charge in [0, 0.05) is 19.2 Å². The van der Waals surface area contributed by atoms with Crippen molar-refractivity contribution in [2.24, 2.45) is 5.41 Å². The number of amides is 1. The molecule has 3 nitrogen and oxygen atoms in total. The van der Waals surface area contributed by atoms with E-state index in [4.69, 9.17) is 0 Å². The number of nitrogens with zero attached hydrogens (tertiary/aromatic N) is 2. The van der Waals surface area contributed by atoms with E-state index >= 15 is 0 Å². The van der Waals surface area contributed by atoms with Crippen molar-refractivity contribution in [2.75, 3.05) is 0 Å². The first kappa shape index (κ1) is 14.4. The van der Waals surface area contributed by atoms with Gasteiger partial charge in [-0.1, -0.05) is 0 Å². The van der Waals surface area contributed by atoms with Crippen LogP contribution in [-0.4, -0.2) is 27.8 Å². The molecule has 21 heavy (non-hydrogen) atoms. The summed E-state index contributed by atoms with van der Waals surface area (Å²) >= 11 is 0. The Bertz CT molecular complexity index is 587. The van der Waals surface area contributed by atoms with Gasteiger partial charge >= 0.3 is 0 Å². The van der Waals surface area contributed by atoms with Gasteiger partial charge in [-0.2, -0.15) is 0 Å². The van der Waals surface area contributed by atoms with Crippen LogP contribution in [0.1, 0.15) is 44.7 Å². The van der Waals surface area contributed by atoms with Crippen molar-refractivity contribution < 1.29 is 18.0 Å². The molecular formula is C15H17F3N2O. The highest BCUT2D eigenvalue weighted by Gasteiger charge is 2.62. The highest BCUT2D eigenvalue weighted by molar-refractivity contribution is 5.87. The van der Waals surface area contributed by atoms with Crippen molar-refractivity contribution in [3.63, 3.8) is 0 Å². The van der Waals surface area contributed by atoms with Crippen LogP contribution in [0, 0.1) is 11.2 Å². The van der Waals surface area contributed by atoms with Crippen molar-refractivity contribution in [3.05, 3.63) is 29.8 Å². The van der Waals surface area contributed by atoms with Crippen LogP contribution >= 0.6 is 0 Å². The molecule has 3 heterocycles. The van der Waals surface area contributed by atoms with E-state index in [1.165, 1.54) is 24.1 Å². The lowest BCUT2D eigenvalue weighted by atomic mass is 9.80. The molecule has 0 aliphatic carbocycles. The lowest BCUT2D eigenvalue weighted by Crippen LogP contribution is -2.44. The third-order valence-electron chi connectivity index (χ3n) is 4.93. The van der Waals surface area contributed by atoms with Gasteiger partial charge in [-0.3, -0.25) is 9.78 Å². The number of carbonyl (C=O) groups excluding carboxylic acids is 1. The minimum atomic E-state index is -3.07. The van der Waals surface area contributed by atoms with Gasteiger partial charge in [0.25, 0.3) is 5.92 Å². The molecule has 0 radical (unpaired) electrons. The van der Waals surface area contributed by atoms with E-state index < -0.39 is 23.1 Å². The van der Waals surface area contributed by atoms with Crippen LogP contribution in [0.5, 0.6) is 0 Å². The Morgan fingerprint density at radius 1 is 1.38 bits per heavy atom. The third-order valence-corrected chi connectivity index (χ3v) is 4.93. The number of halogens is 3. The smallest absolute Gasteiger partial charge is 0.259 e. The monoisotopic (exact) mass is 298 g/mol. The predicted octanol–water partition coefficient (Wildman–Crippen LogP) is 3.32. The lowest BCUT2D eigenvalue weighted by Gasteiger charge is -2.31. The van der Waals surface area contributed by atoms with Crippen LogP contribution in [0.2, 0.25) is 0 Å². The number of alkyl halides is 2. The average Bonchev–Trinajstić information content (AvgIpc) is 2.89. The first-order valence-electron chi connectivity index (χ1n) is 7.05.